The van der Waals surface area contributed by atoms with Crippen LogP contribution in [0, 0.1) is 0 Å². The van der Waals surface area contributed by atoms with Gasteiger partial charge in [-0.2, -0.15) is 8.78 Å². The second-order valence-corrected chi connectivity index (χ2v) is 7.99. The molecule has 0 saturated carbocycles. The molecular weight excluding hydrogens is 458 g/mol. The summed E-state index contributed by atoms with van der Waals surface area (Å²) in [5.74, 6) is 0.125. The maximum Gasteiger partial charge on any atom is 0.387 e. The van der Waals surface area contributed by atoms with Gasteiger partial charge >= 0.3 is 6.61 Å². The van der Waals surface area contributed by atoms with Crippen molar-refractivity contribution in [3.8, 4) is 5.75 Å². The molecule has 3 heterocycles. The first kappa shape index (κ1) is 22.7. The molecule has 33 heavy (non-hydrogen) atoms. The molecule has 11 nitrogen and oxygen atoms in total. The molecule has 0 radical (unpaired) electrons. The Morgan fingerprint density at radius 3 is 2.88 bits per heavy atom. The van der Waals surface area contributed by atoms with Crippen molar-refractivity contribution in [2.75, 3.05) is 35.7 Å². The van der Waals surface area contributed by atoms with Crippen LogP contribution in [0.25, 0.3) is 0 Å². The van der Waals surface area contributed by atoms with Crippen LogP contribution < -0.4 is 20.3 Å². The van der Waals surface area contributed by atoms with Gasteiger partial charge in [0.25, 0.3) is 5.91 Å². The zero-order valence-electron chi connectivity index (χ0n) is 17.4. The highest BCUT2D eigenvalue weighted by Gasteiger charge is 2.26. The Labute approximate surface area is 191 Å². The number of benzene rings is 1. The van der Waals surface area contributed by atoms with E-state index >= 15 is 0 Å². The highest BCUT2D eigenvalue weighted by atomic mass is 32.1. The molecule has 1 amide bonds. The van der Waals surface area contributed by atoms with Crippen LogP contribution in [0.3, 0.4) is 0 Å². The predicted octanol–water partition coefficient (Wildman–Crippen LogP) is 2.34. The fraction of sp³-hybridized carbons (Fsp3) is 0.368. The summed E-state index contributed by atoms with van der Waals surface area (Å²) in [6, 6.07) is 5.89. The third-order valence-corrected chi connectivity index (χ3v) is 5.59. The molecule has 1 aromatic carbocycles. The third kappa shape index (κ3) is 5.84. The van der Waals surface area contributed by atoms with Crippen LogP contribution in [0.2, 0.25) is 0 Å². The molecule has 14 heteroatoms. The number of aromatic nitrogens is 5. The molecule has 1 saturated heterocycles. The van der Waals surface area contributed by atoms with Gasteiger partial charge in [0.2, 0.25) is 10.3 Å². The van der Waals surface area contributed by atoms with Gasteiger partial charge in [-0.3, -0.25) is 10.1 Å². The molecule has 0 bridgehead atoms. The smallest absolute Gasteiger partial charge is 0.387 e. The molecular formula is C19H20F2N8O3S. The topological polar surface area (TPSA) is 127 Å². The number of hydrogen-bond donors (Lipinski definition) is 2. The van der Waals surface area contributed by atoms with Gasteiger partial charge in [0.05, 0.1) is 6.20 Å². The Bertz CT molecular complexity index is 1070. The van der Waals surface area contributed by atoms with Crippen LogP contribution in [0.15, 0.2) is 36.8 Å². The van der Waals surface area contributed by atoms with Gasteiger partial charge in [-0.15, -0.1) is 20.4 Å². The summed E-state index contributed by atoms with van der Waals surface area (Å²) < 4.78 is 34.6. The number of hydrogen-bond acceptors (Lipinski definition) is 11. The van der Waals surface area contributed by atoms with Crippen LogP contribution in [-0.2, 0) is 9.53 Å². The Hall–Kier alpha value is -3.52. The number of ether oxygens (including phenoxy) is 2. The molecule has 1 aliphatic heterocycles. The molecule has 4 rings (SSSR count). The minimum atomic E-state index is -2.97. The first-order valence-electron chi connectivity index (χ1n) is 9.88. The quantitative estimate of drug-likeness (QED) is 0.473. The molecule has 0 aliphatic carbocycles. The average Bonchev–Trinajstić information content (AvgIpc) is 3.44. The van der Waals surface area contributed by atoms with Gasteiger partial charge in [-0.1, -0.05) is 23.5 Å². The van der Waals surface area contributed by atoms with Crippen molar-refractivity contribution in [3.05, 3.63) is 42.4 Å². The Balaban J connectivity index is 1.34. The zero-order valence-corrected chi connectivity index (χ0v) is 18.2. The third-order valence-electron chi connectivity index (χ3n) is 4.82. The van der Waals surface area contributed by atoms with E-state index in [2.05, 4.69) is 45.6 Å². The first-order chi connectivity index (χ1) is 16.0. The minimum absolute atomic E-state index is 0.0670. The summed E-state index contributed by atoms with van der Waals surface area (Å²) in [4.78, 5) is 18.7. The van der Waals surface area contributed by atoms with Gasteiger partial charge in [0, 0.05) is 26.2 Å². The van der Waals surface area contributed by atoms with Crippen molar-refractivity contribution >= 4 is 33.3 Å². The maximum absolute atomic E-state index is 12.7. The zero-order chi connectivity index (χ0) is 23.2. The second kappa shape index (κ2) is 10.4. The highest BCUT2D eigenvalue weighted by molar-refractivity contribution is 7.19. The monoisotopic (exact) mass is 478 g/mol. The van der Waals surface area contributed by atoms with Crippen molar-refractivity contribution in [2.45, 2.75) is 25.2 Å². The number of carbonyl (C=O) groups excluding carboxylic acids is 1. The summed E-state index contributed by atoms with van der Waals surface area (Å²) >= 11 is 1.18. The first-order valence-corrected chi connectivity index (χ1v) is 10.7. The summed E-state index contributed by atoms with van der Waals surface area (Å²) in [6.07, 6.45) is 2.86. The maximum atomic E-state index is 12.7. The minimum Gasteiger partial charge on any atom is -0.435 e. The summed E-state index contributed by atoms with van der Waals surface area (Å²) in [7, 11) is 1.34. The number of halogens is 2. The average molecular weight is 478 g/mol. The number of amides is 1. The lowest BCUT2D eigenvalue weighted by atomic mass is 10.1. The summed E-state index contributed by atoms with van der Waals surface area (Å²) in [5, 5.41) is 22.7. The van der Waals surface area contributed by atoms with Crippen molar-refractivity contribution < 1.29 is 23.0 Å². The second-order valence-electron chi connectivity index (χ2n) is 7.01. The summed E-state index contributed by atoms with van der Waals surface area (Å²) in [5.41, 5.74) is 0.362. The SMILES string of the molecule is CO[C@@H](C(=O)Nc1nnc(N[C@@H]2CCN(c3cncnn3)C2)s1)c1cccc(OC(F)F)c1. The molecule has 0 spiro atoms. The van der Waals surface area contributed by atoms with E-state index in [1.807, 2.05) is 0 Å². The van der Waals surface area contributed by atoms with Crippen LogP contribution in [-0.4, -0.2) is 64.1 Å². The van der Waals surface area contributed by atoms with E-state index in [0.29, 0.717) is 23.1 Å². The molecule has 2 aromatic heterocycles. The number of carbonyl (C=O) groups is 1. The number of anilines is 3. The Morgan fingerprint density at radius 1 is 1.27 bits per heavy atom. The van der Waals surface area contributed by atoms with Gasteiger partial charge < -0.3 is 19.7 Å². The lowest BCUT2D eigenvalue weighted by Crippen LogP contribution is -2.26. The van der Waals surface area contributed by atoms with E-state index in [9.17, 15) is 13.6 Å². The van der Waals surface area contributed by atoms with E-state index in [0.717, 1.165) is 13.0 Å². The van der Waals surface area contributed by atoms with Crippen LogP contribution in [0.5, 0.6) is 5.75 Å². The standard InChI is InChI=1S/C19H20F2N8O3S/c1-31-15(11-3-2-4-13(7-11)32-17(20)21)16(30)25-19-28-27-18(33-19)24-12-5-6-29(9-12)14-8-22-10-23-26-14/h2-4,7-8,10,12,15,17H,5-6,9H2,1H3,(H,24,27)(H,25,28,30)/t12-,15-/m1/s1. The van der Waals surface area contributed by atoms with E-state index in [4.69, 9.17) is 4.74 Å². The predicted molar refractivity (Wildman–Crippen MR) is 115 cm³/mol. The van der Waals surface area contributed by atoms with Crippen molar-refractivity contribution in [3.63, 3.8) is 0 Å². The molecule has 2 N–H and O–H groups in total. The molecule has 174 valence electrons. The van der Waals surface area contributed by atoms with E-state index in [1.165, 1.54) is 43.0 Å². The Kier molecular flexibility index (Phi) is 7.14. The summed E-state index contributed by atoms with van der Waals surface area (Å²) in [6.45, 7) is -1.47. The van der Waals surface area contributed by atoms with Gasteiger partial charge in [-0.05, 0) is 24.1 Å². The number of nitrogens with one attached hydrogen (secondary N) is 2. The molecule has 0 unspecified atom stereocenters. The van der Waals surface area contributed by atoms with Crippen molar-refractivity contribution in [2.24, 2.45) is 0 Å². The fourth-order valence-electron chi connectivity index (χ4n) is 3.40. The Morgan fingerprint density at radius 2 is 2.12 bits per heavy atom. The number of rotatable bonds is 9. The molecule has 1 aliphatic rings. The van der Waals surface area contributed by atoms with Crippen LogP contribution >= 0.6 is 11.3 Å². The van der Waals surface area contributed by atoms with E-state index < -0.39 is 18.6 Å². The van der Waals surface area contributed by atoms with Crippen LogP contribution in [0.4, 0.5) is 24.9 Å². The van der Waals surface area contributed by atoms with E-state index in [1.54, 1.807) is 12.3 Å². The van der Waals surface area contributed by atoms with Gasteiger partial charge in [0.1, 0.15) is 12.1 Å². The number of alkyl halides is 2. The molecule has 3 aromatic rings. The van der Waals surface area contributed by atoms with Crippen molar-refractivity contribution in [1.29, 1.82) is 0 Å². The lowest BCUT2D eigenvalue weighted by molar-refractivity contribution is -0.126. The van der Waals surface area contributed by atoms with Gasteiger partial charge in [0.15, 0.2) is 11.9 Å². The lowest BCUT2D eigenvalue weighted by Gasteiger charge is -2.16. The van der Waals surface area contributed by atoms with E-state index in [-0.39, 0.29) is 16.9 Å². The number of nitrogens with zero attached hydrogens (tertiary/aromatic N) is 6. The molecule has 1 fully saturated rings. The largest absolute Gasteiger partial charge is 0.435 e. The highest BCUT2D eigenvalue weighted by Crippen LogP contribution is 2.27. The van der Waals surface area contributed by atoms with Crippen LogP contribution in [0.1, 0.15) is 18.1 Å². The normalized spacial score (nSPS) is 16.6. The van der Waals surface area contributed by atoms with Gasteiger partial charge in [-0.25, -0.2) is 4.98 Å². The number of methoxy groups -OCH3 is 1. The fourth-order valence-corrected chi connectivity index (χ4v) is 4.12. The molecule has 2 atom stereocenters. The van der Waals surface area contributed by atoms with Crippen molar-refractivity contribution in [1.82, 2.24) is 25.4 Å².